The van der Waals surface area contributed by atoms with E-state index in [0.29, 0.717) is 30.0 Å². The minimum absolute atomic E-state index is 0.0423. The molecule has 0 bridgehead atoms. The lowest BCUT2D eigenvalue weighted by Crippen LogP contribution is -2.63. The number of furan rings is 1. The first-order valence-corrected chi connectivity index (χ1v) is 12.6. The van der Waals surface area contributed by atoms with Gasteiger partial charge in [0.05, 0.1) is 19.3 Å². The van der Waals surface area contributed by atoms with Crippen LogP contribution < -0.4 is 10.2 Å². The molecular formula is C29H31N3O7. The molecule has 204 valence electrons. The Hall–Kier alpha value is -4.44. The molecule has 3 aromatic rings. The summed E-state index contributed by atoms with van der Waals surface area (Å²) >= 11 is 0. The molecule has 0 aliphatic carbocycles. The van der Waals surface area contributed by atoms with Gasteiger partial charge in [-0.3, -0.25) is 19.3 Å². The fourth-order valence-electron chi connectivity index (χ4n) is 5.08. The molecule has 2 N–H and O–H groups in total. The van der Waals surface area contributed by atoms with Gasteiger partial charge < -0.3 is 24.5 Å². The Morgan fingerprint density at radius 2 is 1.77 bits per heavy atom. The van der Waals surface area contributed by atoms with Crippen molar-refractivity contribution in [2.24, 2.45) is 0 Å². The van der Waals surface area contributed by atoms with Gasteiger partial charge in [0.2, 0.25) is 5.91 Å². The number of likely N-dealkylation sites (tertiary alicyclic amines) is 1. The van der Waals surface area contributed by atoms with Crippen LogP contribution in [-0.4, -0.2) is 66.0 Å². The van der Waals surface area contributed by atoms with E-state index in [2.05, 4.69) is 5.32 Å². The third kappa shape index (κ3) is 6.01. The number of carbonyl (C=O) groups is 4. The maximum Gasteiger partial charge on any atom is 0.332 e. The van der Waals surface area contributed by atoms with E-state index in [1.54, 1.807) is 54.6 Å². The SMILES string of the molecule is COC(=O)C1(N(C(=O)c2ccco2)c2cccc(NC(C)=O)c2)CCN(CC(C(=O)O)c2ccccc2)CC1. The fourth-order valence-corrected chi connectivity index (χ4v) is 5.08. The van der Waals surface area contributed by atoms with Crippen molar-refractivity contribution in [2.45, 2.75) is 31.2 Å². The second-order valence-corrected chi connectivity index (χ2v) is 9.47. The zero-order valence-electron chi connectivity index (χ0n) is 21.8. The lowest BCUT2D eigenvalue weighted by atomic mass is 9.84. The molecule has 0 spiro atoms. The van der Waals surface area contributed by atoms with Crippen molar-refractivity contribution in [3.8, 4) is 0 Å². The number of carbonyl (C=O) groups excluding carboxylic acids is 3. The second kappa shape index (κ2) is 12.0. The number of hydrogen-bond donors (Lipinski definition) is 2. The summed E-state index contributed by atoms with van der Waals surface area (Å²) in [4.78, 5) is 54.4. The van der Waals surface area contributed by atoms with Crippen LogP contribution >= 0.6 is 0 Å². The van der Waals surface area contributed by atoms with Crippen LogP contribution in [0.25, 0.3) is 0 Å². The van der Waals surface area contributed by atoms with Gasteiger partial charge in [-0.25, -0.2) is 4.79 Å². The van der Waals surface area contributed by atoms with Gasteiger partial charge >= 0.3 is 11.9 Å². The predicted octanol–water partition coefficient (Wildman–Crippen LogP) is 3.76. The Labute approximate surface area is 226 Å². The number of benzene rings is 2. The molecule has 2 aromatic carbocycles. The van der Waals surface area contributed by atoms with Crippen molar-refractivity contribution in [3.63, 3.8) is 0 Å². The van der Waals surface area contributed by atoms with Crippen LogP contribution in [0.5, 0.6) is 0 Å². The maximum absolute atomic E-state index is 13.8. The van der Waals surface area contributed by atoms with E-state index < -0.39 is 29.3 Å². The lowest BCUT2D eigenvalue weighted by Gasteiger charge is -2.46. The predicted molar refractivity (Wildman–Crippen MR) is 144 cm³/mol. The van der Waals surface area contributed by atoms with E-state index >= 15 is 0 Å². The molecule has 2 amide bonds. The van der Waals surface area contributed by atoms with Gasteiger partial charge in [-0.1, -0.05) is 36.4 Å². The van der Waals surface area contributed by atoms with Crippen molar-refractivity contribution in [1.29, 1.82) is 0 Å². The number of methoxy groups -OCH3 is 1. The maximum atomic E-state index is 13.8. The highest BCUT2D eigenvalue weighted by molar-refractivity contribution is 6.10. The zero-order valence-corrected chi connectivity index (χ0v) is 21.8. The molecular weight excluding hydrogens is 502 g/mol. The van der Waals surface area contributed by atoms with E-state index in [1.165, 1.54) is 31.3 Å². The van der Waals surface area contributed by atoms with Crippen LogP contribution in [0.4, 0.5) is 11.4 Å². The van der Waals surface area contributed by atoms with Gasteiger partial charge in [0, 0.05) is 37.9 Å². The molecule has 1 unspecified atom stereocenters. The number of piperidine rings is 1. The number of carboxylic acid groups (broad SMARTS) is 1. The average molecular weight is 534 g/mol. The highest BCUT2D eigenvalue weighted by Gasteiger charge is 2.51. The second-order valence-electron chi connectivity index (χ2n) is 9.47. The number of aliphatic carboxylic acids is 1. The molecule has 4 rings (SSSR count). The summed E-state index contributed by atoms with van der Waals surface area (Å²) < 4.78 is 10.6. The van der Waals surface area contributed by atoms with Gasteiger partial charge in [-0.05, 0) is 48.7 Å². The summed E-state index contributed by atoms with van der Waals surface area (Å²) in [5.41, 5.74) is 0.144. The van der Waals surface area contributed by atoms with Gasteiger partial charge in [0.25, 0.3) is 5.91 Å². The quantitative estimate of drug-likeness (QED) is 0.398. The topological polar surface area (TPSA) is 129 Å². The molecule has 2 heterocycles. The van der Waals surface area contributed by atoms with Gasteiger partial charge in [0.1, 0.15) is 5.54 Å². The number of carboxylic acids is 1. The average Bonchev–Trinajstić information content (AvgIpc) is 3.48. The van der Waals surface area contributed by atoms with Gasteiger partial charge in [-0.15, -0.1) is 0 Å². The lowest BCUT2D eigenvalue weighted by molar-refractivity contribution is -0.149. The van der Waals surface area contributed by atoms with Crippen molar-refractivity contribution in [1.82, 2.24) is 4.90 Å². The van der Waals surface area contributed by atoms with Gasteiger partial charge in [-0.2, -0.15) is 0 Å². The summed E-state index contributed by atoms with van der Waals surface area (Å²) in [7, 11) is 1.27. The minimum Gasteiger partial charge on any atom is -0.481 e. The largest absolute Gasteiger partial charge is 0.481 e. The first-order valence-electron chi connectivity index (χ1n) is 12.6. The van der Waals surface area contributed by atoms with E-state index in [-0.39, 0.29) is 31.1 Å². The molecule has 1 aliphatic rings. The Kier molecular flexibility index (Phi) is 8.46. The highest BCUT2D eigenvalue weighted by atomic mass is 16.5. The Morgan fingerprint density at radius 1 is 1.05 bits per heavy atom. The monoisotopic (exact) mass is 533 g/mol. The number of rotatable bonds is 9. The summed E-state index contributed by atoms with van der Waals surface area (Å²) in [5, 5.41) is 12.6. The summed E-state index contributed by atoms with van der Waals surface area (Å²) in [6.45, 7) is 2.32. The Balaban J connectivity index is 1.68. The van der Waals surface area contributed by atoms with Crippen LogP contribution in [0.3, 0.4) is 0 Å². The first-order chi connectivity index (χ1) is 18.7. The van der Waals surface area contributed by atoms with E-state index in [4.69, 9.17) is 9.15 Å². The molecule has 0 radical (unpaired) electrons. The third-order valence-electron chi connectivity index (χ3n) is 6.98. The highest BCUT2D eigenvalue weighted by Crippen LogP contribution is 2.37. The molecule has 10 heteroatoms. The van der Waals surface area contributed by atoms with E-state index in [0.717, 1.165) is 0 Å². The molecule has 1 aliphatic heterocycles. The zero-order chi connectivity index (χ0) is 28.0. The normalized spacial score (nSPS) is 15.6. The number of esters is 1. The summed E-state index contributed by atoms with van der Waals surface area (Å²) in [5.74, 6) is -3.04. The van der Waals surface area contributed by atoms with Crippen molar-refractivity contribution >= 4 is 35.1 Å². The number of hydrogen-bond acceptors (Lipinski definition) is 7. The van der Waals surface area contributed by atoms with Crippen LogP contribution in [-0.2, 0) is 19.1 Å². The molecule has 0 saturated carbocycles. The molecule has 39 heavy (non-hydrogen) atoms. The van der Waals surface area contributed by atoms with E-state index in [1.807, 2.05) is 11.0 Å². The molecule has 1 aromatic heterocycles. The third-order valence-corrected chi connectivity index (χ3v) is 6.98. The summed E-state index contributed by atoms with van der Waals surface area (Å²) in [6, 6.07) is 18.8. The molecule has 1 atom stereocenters. The van der Waals surface area contributed by atoms with Crippen LogP contribution in [0, 0.1) is 0 Å². The minimum atomic E-state index is -1.39. The molecule has 10 nitrogen and oxygen atoms in total. The number of amides is 2. The van der Waals surface area contributed by atoms with Crippen molar-refractivity contribution in [3.05, 3.63) is 84.3 Å². The van der Waals surface area contributed by atoms with Crippen LogP contribution in [0.15, 0.2) is 77.4 Å². The fraction of sp³-hybridized carbons (Fsp3) is 0.310. The summed E-state index contributed by atoms with van der Waals surface area (Å²) in [6.07, 6.45) is 1.76. The van der Waals surface area contributed by atoms with Crippen LogP contribution in [0.1, 0.15) is 41.8 Å². The number of nitrogens with zero attached hydrogens (tertiary/aromatic N) is 2. The first kappa shape index (κ1) is 27.6. The molecule has 1 fully saturated rings. The number of ether oxygens (including phenoxy) is 1. The Bertz CT molecular complexity index is 1320. The van der Waals surface area contributed by atoms with Crippen LogP contribution in [0.2, 0.25) is 0 Å². The number of nitrogens with one attached hydrogen (secondary N) is 1. The molecule has 1 saturated heterocycles. The van der Waals surface area contributed by atoms with Gasteiger partial charge in [0.15, 0.2) is 5.76 Å². The van der Waals surface area contributed by atoms with Crippen molar-refractivity contribution < 1.29 is 33.4 Å². The Morgan fingerprint density at radius 3 is 2.36 bits per heavy atom. The standard InChI is InChI=1S/C29H31N3O7/c1-20(33)30-22-10-6-11-23(18-22)32(26(34)25-12-7-17-39-25)29(28(37)38-2)13-15-31(16-14-29)19-24(27(35)36)21-8-4-3-5-9-21/h3-12,17-18,24H,13-16,19H2,1-2H3,(H,30,33)(H,35,36). The smallest absolute Gasteiger partial charge is 0.332 e. The van der Waals surface area contributed by atoms with Crippen molar-refractivity contribution in [2.75, 3.05) is 37.0 Å². The number of anilines is 2. The van der Waals surface area contributed by atoms with E-state index in [9.17, 15) is 24.3 Å².